The minimum atomic E-state index is -4.50. The molecule has 0 fully saturated rings. The second-order valence-corrected chi connectivity index (χ2v) is 7.44. The highest BCUT2D eigenvalue weighted by Gasteiger charge is 2.35. The van der Waals surface area contributed by atoms with Crippen LogP contribution in [0, 0.1) is 0 Å². The van der Waals surface area contributed by atoms with E-state index in [1.165, 1.54) is 6.07 Å². The van der Waals surface area contributed by atoms with Crippen LogP contribution in [0.3, 0.4) is 0 Å². The summed E-state index contributed by atoms with van der Waals surface area (Å²) < 4.78 is 45.7. The summed E-state index contributed by atoms with van der Waals surface area (Å²) in [4.78, 5) is 0. The average Bonchev–Trinajstić information content (AvgIpc) is 2.67. The SMILES string of the molecule is CCCCCCCOc1ccc(CCC(N)(CO)CCCO)cc1C(F)(F)F. The molecule has 4 N–H and O–H groups in total. The number of unbranched alkanes of at least 4 members (excludes halogenated alkanes) is 4. The molecule has 0 radical (unpaired) electrons. The lowest BCUT2D eigenvalue weighted by Gasteiger charge is -2.27. The number of hydrogen-bond donors (Lipinski definition) is 3. The third-order valence-corrected chi connectivity index (χ3v) is 4.91. The average molecular weight is 406 g/mol. The zero-order valence-corrected chi connectivity index (χ0v) is 16.7. The standard InChI is InChI=1S/C21H34F3NO3/c1-2-3-4-5-6-14-28-19-9-8-17(15-18(19)21(22,23)24)10-12-20(25,16-27)11-7-13-26/h8-9,15,26-27H,2-7,10-14,16,25H2,1H3. The smallest absolute Gasteiger partial charge is 0.419 e. The zero-order chi connectivity index (χ0) is 21.0. The Bertz CT molecular complexity index is 566. The Morgan fingerprint density at radius 1 is 1.00 bits per heavy atom. The van der Waals surface area contributed by atoms with Crippen molar-refractivity contribution in [2.24, 2.45) is 5.73 Å². The van der Waals surface area contributed by atoms with Crippen LogP contribution >= 0.6 is 0 Å². The van der Waals surface area contributed by atoms with Crippen molar-refractivity contribution in [3.8, 4) is 5.75 Å². The highest BCUT2D eigenvalue weighted by molar-refractivity contribution is 5.39. The van der Waals surface area contributed by atoms with Crippen molar-refractivity contribution in [2.45, 2.75) is 76.4 Å². The molecular weight excluding hydrogens is 371 g/mol. The number of hydrogen-bond acceptors (Lipinski definition) is 4. The Morgan fingerprint density at radius 2 is 1.71 bits per heavy atom. The normalized spacial score (nSPS) is 14.1. The number of aliphatic hydroxyl groups excluding tert-OH is 2. The first-order chi connectivity index (χ1) is 13.3. The highest BCUT2D eigenvalue weighted by Crippen LogP contribution is 2.37. The fourth-order valence-corrected chi connectivity index (χ4v) is 3.08. The van der Waals surface area contributed by atoms with Gasteiger partial charge in [-0.3, -0.25) is 0 Å². The fraction of sp³-hybridized carbons (Fsp3) is 0.714. The predicted octanol–water partition coefficient (Wildman–Crippen LogP) is 4.45. The molecule has 0 bridgehead atoms. The molecule has 0 aliphatic heterocycles. The Labute approximate surface area is 165 Å². The molecule has 0 saturated carbocycles. The van der Waals surface area contributed by atoms with Crippen LogP contribution < -0.4 is 10.5 Å². The number of nitrogens with two attached hydrogens (primary N) is 1. The lowest BCUT2D eigenvalue weighted by molar-refractivity contribution is -0.139. The summed E-state index contributed by atoms with van der Waals surface area (Å²) in [6.07, 6.45) is 1.96. The van der Waals surface area contributed by atoms with Crippen LogP contribution in [0.15, 0.2) is 18.2 Å². The summed E-state index contributed by atoms with van der Waals surface area (Å²) in [7, 11) is 0. The summed E-state index contributed by atoms with van der Waals surface area (Å²) in [6, 6.07) is 4.09. The van der Waals surface area contributed by atoms with Crippen LogP contribution in [0.2, 0.25) is 0 Å². The van der Waals surface area contributed by atoms with E-state index in [0.29, 0.717) is 31.2 Å². The van der Waals surface area contributed by atoms with Gasteiger partial charge < -0.3 is 20.7 Å². The van der Waals surface area contributed by atoms with Crippen LogP contribution in [0.1, 0.15) is 69.4 Å². The zero-order valence-electron chi connectivity index (χ0n) is 16.7. The number of aliphatic hydroxyl groups is 2. The number of rotatable bonds is 14. The second kappa shape index (κ2) is 12.3. The number of aryl methyl sites for hydroxylation is 1. The van der Waals surface area contributed by atoms with E-state index in [9.17, 15) is 18.3 Å². The lowest BCUT2D eigenvalue weighted by atomic mass is 9.88. The molecule has 1 atom stereocenters. The van der Waals surface area contributed by atoms with Gasteiger partial charge in [-0.1, -0.05) is 38.7 Å². The first kappa shape index (κ1) is 24.7. The molecular formula is C21H34F3NO3. The Kier molecular flexibility index (Phi) is 10.9. The minimum Gasteiger partial charge on any atom is -0.493 e. The van der Waals surface area contributed by atoms with Crippen molar-refractivity contribution >= 4 is 0 Å². The van der Waals surface area contributed by atoms with Crippen molar-refractivity contribution < 1.29 is 28.1 Å². The molecule has 7 heteroatoms. The van der Waals surface area contributed by atoms with Crippen molar-refractivity contribution in [1.29, 1.82) is 0 Å². The first-order valence-electron chi connectivity index (χ1n) is 10.1. The van der Waals surface area contributed by atoms with Crippen LogP contribution in [0.4, 0.5) is 13.2 Å². The van der Waals surface area contributed by atoms with E-state index in [2.05, 4.69) is 6.92 Å². The van der Waals surface area contributed by atoms with Crippen molar-refractivity contribution in [3.05, 3.63) is 29.3 Å². The first-order valence-corrected chi connectivity index (χ1v) is 10.1. The summed E-state index contributed by atoms with van der Waals surface area (Å²) >= 11 is 0. The maximum Gasteiger partial charge on any atom is 0.419 e. The maximum atomic E-state index is 13.4. The van der Waals surface area contributed by atoms with E-state index in [-0.39, 0.29) is 25.6 Å². The van der Waals surface area contributed by atoms with Gasteiger partial charge in [-0.15, -0.1) is 0 Å². The molecule has 162 valence electrons. The van der Waals surface area contributed by atoms with Crippen LogP contribution in [-0.2, 0) is 12.6 Å². The second-order valence-electron chi connectivity index (χ2n) is 7.44. The molecule has 1 aromatic carbocycles. The van der Waals surface area contributed by atoms with Gasteiger partial charge >= 0.3 is 6.18 Å². The molecule has 0 saturated heterocycles. The molecule has 1 aromatic rings. The highest BCUT2D eigenvalue weighted by atomic mass is 19.4. The van der Waals surface area contributed by atoms with Crippen LogP contribution in [0.5, 0.6) is 5.75 Å². The summed E-state index contributed by atoms with van der Waals surface area (Å²) in [5, 5.41) is 18.4. The van der Waals surface area contributed by atoms with Gasteiger partial charge in [0.25, 0.3) is 0 Å². The topological polar surface area (TPSA) is 75.7 Å². The van der Waals surface area contributed by atoms with Crippen molar-refractivity contribution in [1.82, 2.24) is 0 Å². The Hall–Kier alpha value is -1.31. The molecule has 0 aliphatic carbocycles. The van der Waals surface area contributed by atoms with E-state index in [0.717, 1.165) is 38.2 Å². The number of ether oxygens (including phenoxy) is 1. The summed E-state index contributed by atoms with van der Waals surface area (Å²) in [6.45, 7) is 2.05. The van der Waals surface area contributed by atoms with E-state index in [1.807, 2.05) is 0 Å². The van der Waals surface area contributed by atoms with Gasteiger partial charge in [0.1, 0.15) is 5.75 Å². The molecule has 1 unspecified atom stereocenters. The molecule has 4 nitrogen and oxygen atoms in total. The molecule has 0 aliphatic rings. The third-order valence-electron chi connectivity index (χ3n) is 4.91. The lowest BCUT2D eigenvalue weighted by Crippen LogP contribution is -2.44. The van der Waals surface area contributed by atoms with Gasteiger partial charge in [0.05, 0.1) is 18.8 Å². The van der Waals surface area contributed by atoms with Gasteiger partial charge in [0.15, 0.2) is 0 Å². The molecule has 1 rings (SSSR count). The van der Waals surface area contributed by atoms with E-state index >= 15 is 0 Å². The van der Waals surface area contributed by atoms with Gasteiger partial charge in [0.2, 0.25) is 0 Å². The fourth-order valence-electron chi connectivity index (χ4n) is 3.08. The summed E-state index contributed by atoms with van der Waals surface area (Å²) in [5.41, 5.74) is 4.90. The molecule has 0 amide bonds. The van der Waals surface area contributed by atoms with Crippen molar-refractivity contribution in [2.75, 3.05) is 19.8 Å². The predicted molar refractivity (Wildman–Crippen MR) is 104 cm³/mol. The quantitative estimate of drug-likeness (QED) is 0.400. The van der Waals surface area contributed by atoms with E-state index < -0.39 is 17.3 Å². The van der Waals surface area contributed by atoms with E-state index in [4.69, 9.17) is 15.6 Å². The Morgan fingerprint density at radius 3 is 2.32 bits per heavy atom. The molecule has 0 spiro atoms. The molecule has 28 heavy (non-hydrogen) atoms. The molecule has 0 aromatic heterocycles. The molecule has 0 heterocycles. The van der Waals surface area contributed by atoms with Gasteiger partial charge in [0, 0.05) is 12.1 Å². The van der Waals surface area contributed by atoms with Crippen molar-refractivity contribution in [3.63, 3.8) is 0 Å². The Balaban J connectivity index is 2.74. The maximum absolute atomic E-state index is 13.4. The van der Waals surface area contributed by atoms with Crippen LogP contribution in [0.25, 0.3) is 0 Å². The van der Waals surface area contributed by atoms with Gasteiger partial charge in [-0.05, 0) is 49.8 Å². The minimum absolute atomic E-state index is 0.0400. The number of halogens is 3. The number of alkyl halides is 3. The number of benzene rings is 1. The van der Waals surface area contributed by atoms with E-state index in [1.54, 1.807) is 6.07 Å². The van der Waals surface area contributed by atoms with Gasteiger partial charge in [-0.25, -0.2) is 0 Å². The summed E-state index contributed by atoms with van der Waals surface area (Å²) in [5.74, 6) is -0.145. The monoisotopic (exact) mass is 405 g/mol. The van der Waals surface area contributed by atoms with Gasteiger partial charge in [-0.2, -0.15) is 13.2 Å². The van der Waals surface area contributed by atoms with Crippen LogP contribution in [-0.4, -0.2) is 35.6 Å². The third kappa shape index (κ3) is 8.80. The largest absolute Gasteiger partial charge is 0.493 e.